The Morgan fingerprint density at radius 3 is 1.96 bits per heavy atom. The van der Waals surface area contributed by atoms with E-state index in [1.165, 1.54) is 24.3 Å². The molecule has 0 aromatic heterocycles. The van der Waals surface area contributed by atoms with E-state index in [-0.39, 0.29) is 11.1 Å². The summed E-state index contributed by atoms with van der Waals surface area (Å²) in [5, 5.41) is 11.6. The van der Waals surface area contributed by atoms with Gasteiger partial charge in [-0.1, -0.05) is 30.3 Å². The number of carbonyl (C=O) groups is 3. The largest absolute Gasteiger partial charge is 0.478 e. The van der Waals surface area contributed by atoms with Gasteiger partial charge < -0.3 is 15.2 Å². The average molecular weight is 355 g/mol. The molecule has 0 aliphatic rings. The number of benzene rings is 2. The number of amides is 1. The average Bonchev–Trinajstić information content (AvgIpc) is 2.58. The fraction of sp³-hybridized carbons (Fsp3) is 0.250. The second kappa shape index (κ2) is 7.82. The second-order valence-corrected chi connectivity index (χ2v) is 6.73. The Kier molecular flexibility index (Phi) is 5.77. The van der Waals surface area contributed by atoms with E-state index >= 15 is 0 Å². The number of ether oxygens (including phenoxy) is 1. The molecule has 2 aromatic carbocycles. The fourth-order valence-corrected chi connectivity index (χ4v) is 2.26. The molecule has 1 atom stereocenters. The van der Waals surface area contributed by atoms with Crippen molar-refractivity contribution in [1.29, 1.82) is 0 Å². The van der Waals surface area contributed by atoms with Crippen molar-refractivity contribution in [1.82, 2.24) is 5.32 Å². The van der Waals surface area contributed by atoms with Gasteiger partial charge in [-0.2, -0.15) is 0 Å². The molecule has 0 heterocycles. The van der Waals surface area contributed by atoms with Crippen molar-refractivity contribution in [2.24, 2.45) is 0 Å². The summed E-state index contributed by atoms with van der Waals surface area (Å²) in [6, 6.07) is 13.3. The van der Waals surface area contributed by atoms with Crippen molar-refractivity contribution in [2.75, 3.05) is 0 Å². The van der Waals surface area contributed by atoms with Crippen molar-refractivity contribution in [3.8, 4) is 0 Å². The van der Waals surface area contributed by atoms with Crippen molar-refractivity contribution in [2.45, 2.75) is 32.4 Å². The molecule has 2 N–H and O–H groups in total. The Balaban J connectivity index is 2.24. The summed E-state index contributed by atoms with van der Waals surface area (Å²) in [4.78, 5) is 36.0. The van der Waals surface area contributed by atoms with E-state index in [1.807, 2.05) is 6.07 Å². The molecule has 0 fully saturated rings. The van der Waals surface area contributed by atoms with Gasteiger partial charge in [0.2, 0.25) is 0 Å². The van der Waals surface area contributed by atoms with Gasteiger partial charge in [0.25, 0.3) is 5.91 Å². The SMILES string of the molecule is CC(C)(C)OC(=O)[C@@H](NC(=O)c1ccc(C(=O)O)cc1)c1ccccc1. The van der Waals surface area contributed by atoms with Gasteiger partial charge >= 0.3 is 11.9 Å². The predicted molar refractivity (Wildman–Crippen MR) is 95.9 cm³/mol. The number of hydrogen-bond acceptors (Lipinski definition) is 4. The van der Waals surface area contributed by atoms with E-state index < -0.39 is 29.5 Å². The van der Waals surface area contributed by atoms with Crippen LogP contribution in [0, 0.1) is 0 Å². The highest BCUT2D eigenvalue weighted by Crippen LogP contribution is 2.19. The Morgan fingerprint density at radius 2 is 1.46 bits per heavy atom. The van der Waals surface area contributed by atoms with Crippen LogP contribution in [0.15, 0.2) is 54.6 Å². The summed E-state index contributed by atoms with van der Waals surface area (Å²) in [6.07, 6.45) is 0. The Morgan fingerprint density at radius 1 is 0.923 bits per heavy atom. The lowest BCUT2D eigenvalue weighted by Gasteiger charge is -2.25. The summed E-state index contributed by atoms with van der Waals surface area (Å²) >= 11 is 0. The molecule has 6 nitrogen and oxygen atoms in total. The Bertz CT molecular complexity index is 791. The number of rotatable bonds is 5. The molecule has 2 aromatic rings. The summed E-state index contributed by atoms with van der Waals surface area (Å²) in [5.74, 6) is -2.14. The number of carboxylic acid groups (broad SMARTS) is 1. The Hall–Kier alpha value is -3.15. The van der Waals surface area contributed by atoms with Crippen LogP contribution in [-0.2, 0) is 9.53 Å². The van der Waals surface area contributed by atoms with Gasteiger partial charge in [-0.3, -0.25) is 4.79 Å². The second-order valence-electron chi connectivity index (χ2n) is 6.73. The van der Waals surface area contributed by atoms with Crippen molar-refractivity contribution in [3.05, 3.63) is 71.3 Å². The maximum absolute atomic E-state index is 12.6. The van der Waals surface area contributed by atoms with Crippen LogP contribution in [0.4, 0.5) is 0 Å². The minimum atomic E-state index is -1.08. The molecule has 0 saturated heterocycles. The zero-order valence-corrected chi connectivity index (χ0v) is 14.9. The number of carbonyl (C=O) groups excluding carboxylic acids is 2. The molecule has 1 amide bonds. The van der Waals surface area contributed by atoms with Gasteiger partial charge in [0.05, 0.1) is 5.56 Å². The van der Waals surface area contributed by atoms with Crippen LogP contribution in [0.2, 0.25) is 0 Å². The maximum atomic E-state index is 12.6. The molecule has 0 aliphatic carbocycles. The molecular weight excluding hydrogens is 334 g/mol. The van der Waals surface area contributed by atoms with Crippen LogP contribution in [0.1, 0.15) is 53.1 Å². The van der Waals surface area contributed by atoms with Gasteiger partial charge in [0.15, 0.2) is 6.04 Å². The van der Waals surface area contributed by atoms with Crippen LogP contribution in [0.3, 0.4) is 0 Å². The molecule has 6 heteroatoms. The molecule has 0 saturated carbocycles. The third-order valence-electron chi connectivity index (χ3n) is 3.44. The topological polar surface area (TPSA) is 92.7 Å². The Labute approximate surface area is 151 Å². The first kappa shape index (κ1) is 19.2. The van der Waals surface area contributed by atoms with E-state index in [2.05, 4.69) is 5.32 Å². The quantitative estimate of drug-likeness (QED) is 0.804. The third kappa shape index (κ3) is 5.17. The maximum Gasteiger partial charge on any atom is 0.335 e. The van der Waals surface area contributed by atoms with Crippen molar-refractivity contribution >= 4 is 17.8 Å². The number of nitrogens with one attached hydrogen (secondary N) is 1. The highest BCUT2D eigenvalue weighted by molar-refractivity contribution is 5.98. The van der Waals surface area contributed by atoms with Crippen LogP contribution in [0.5, 0.6) is 0 Å². The number of aromatic carboxylic acids is 1. The molecule has 0 aliphatic heterocycles. The molecule has 26 heavy (non-hydrogen) atoms. The smallest absolute Gasteiger partial charge is 0.335 e. The number of esters is 1. The van der Waals surface area contributed by atoms with Crippen molar-refractivity contribution < 1.29 is 24.2 Å². The molecule has 136 valence electrons. The third-order valence-corrected chi connectivity index (χ3v) is 3.44. The molecule has 0 radical (unpaired) electrons. The number of hydrogen-bond donors (Lipinski definition) is 2. The first-order valence-electron chi connectivity index (χ1n) is 8.09. The standard InChI is InChI=1S/C20H21NO5/c1-20(2,3)26-19(25)16(13-7-5-4-6-8-13)21-17(22)14-9-11-15(12-10-14)18(23)24/h4-12,16H,1-3H3,(H,21,22)(H,23,24)/t16-/m0/s1. The van der Waals surface area contributed by atoms with E-state index in [4.69, 9.17) is 9.84 Å². The van der Waals surface area contributed by atoms with E-state index in [9.17, 15) is 14.4 Å². The van der Waals surface area contributed by atoms with Crippen LogP contribution < -0.4 is 5.32 Å². The molecule has 2 rings (SSSR count). The van der Waals surface area contributed by atoms with E-state index in [1.54, 1.807) is 45.0 Å². The summed E-state index contributed by atoms with van der Waals surface area (Å²) in [6.45, 7) is 5.25. The normalized spacial score (nSPS) is 12.1. The van der Waals surface area contributed by atoms with Crippen molar-refractivity contribution in [3.63, 3.8) is 0 Å². The van der Waals surface area contributed by atoms with Crippen LogP contribution >= 0.6 is 0 Å². The lowest BCUT2D eigenvalue weighted by molar-refractivity contribution is -0.157. The van der Waals surface area contributed by atoms with Gasteiger partial charge in [-0.25, -0.2) is 9.59 Å². The number of carboxylic acids is 1. The highest BCUT2D eigenvalue weighted by Gasteiger charge is 2.28. The molecule has 0 bridgehead atoms. The van der Waals surface area contributed by atoms with Crippen LogP contribution in [0.25, 0.3) is 0 Å². The lowest BCUT2D eigenvalue weighted by Crippen LogP contribution is -2.38. The van der Waals surface area contributed by atoms with E-state index in [0.717, 1.165) is 0 Å². The van der Waals surface area contributed by atoms with Gasteiger partial charge in [0, 0.05) is 5.56 Å². The summed E-state index contributed by atoms with van der Waals surface area (Å²) < 4.78 is 5.41. The minimum absolute atomic E-state index is 0.0771. The summed E-state index contributed by atoms with van der Waals surface area (Å²) in [7, 11) is 0. The van der Waals surface area contributed by atoms with Gasteiger partial charge in [0.1, 0.15) is 5.60 Å². The van der Waals surface area contributed by atoms with E-state index in [0.29, 0.717) is 5.56 Å². The minimum Gasteiger partial charge on any atom is -0.478 e. The predicted octanol–water partition coefficient (Wildman–Crippen LogP) is 3.20. The lowest BCUT2D eigenvalue weighted by atomic mass is 10.1. The molecule has 0 spiro atoms. The first-order chi connectivity index (χ1) is 12.2. The van der Waals surface area contributed by atoms with Gasteiger partial charge in [-0.05, 0) is 50.6 Å². The molecular formula is C20H21NO5. The van der Waals surface area contributed by atoms with Crippen LogP contribution in [-0.4, -0.2) is 28.6 Å². The zero-order valence-electron chi connectivity index (χ0n) is 14.9. The zero-order chi connectivity index (χ0) is 19.3. The fourth-order valence-electron chi connectivity index (χ4n) is 2.26. The summed E-state index contributed by atoms with van der Waals surface area (Å²) in [5.41, 5.74) is 0.225. The first-order valence-corrected chi connectivity index (χ1v) is 8.09. The monoisotopic (exact) mass is 355 g/mol. The molecule has 0 unspecified atom stereocenters. The van der Waals surface area contributed by atoms with Gasteiger partial charge in [-0.15, -0.1) is 0 Å². The highest BCUT2D eigenvalue weighted by atomic mass is 16.6.